The molecule has 2 unspecified atom stereocenters. The van der Waals surface area contributed by atoms with Gasteiger partial charge < -0.3 is 10.1 Å². The lowest BCUT2D eigenvalue weighted by Gasteiger charge is -2.11. The van der Waals surface area contributed by atoms with Crippen LogP contribution in [0, 0.1) is 5.92 Å². The molecule has 2 atom stereocenters. The molecule has 0 amide bonds. The van der Waals surface area contributed by atoms with E-state index in [1.807, 2.05) is 0 Å². The van der Waals surface area contributed by atoms with Crippen LogP contribution in [0.2, 0.25) is 0 Å². The van der Waals surface area contributed by atoms with Crippen LogP contribution in [0.15, 0.2) is 27.8 Å². The fraction of sp³-hybridized carbons (Fsp3) is 0.400. The van der Waals surface area contributed by atoms with Gasteiger partial charge in [0.25, 0.3) is 0 Å². The summed E-state index contributed by atoms with van der Waals surface area (Å²) in [7, 11) is 0. The molecule has 0 spiro atoms. The van der Waals surface area contributed by atoms with Gasteiger partial charge in [-0.3, -0.25) is 14.2 Å². The molecular formula is C15H16N2O4. The number of aromatic amines is 1. The topological polar surface area (TPSA) is 92.2 Å². The molecule has 1 aromatic heterocycles. The summed E-state index contributed by atoms with van der Waals surface area (Å²) in [5.41, 5.74) is -0.616. The van der Waals surface area contributed by atoms with E-state index in [4.69, 9.17) is 0 Å². The van der Waals surface area contributed by atoms with E-state index in [0.717, 1.165) is 19.3 Å². The summed E-state index contributed by atoms with van der Waals surface area (Å²) in [5, 5.41) is 9.33. The van der Waals surface area contributed by atoms with Crippen LogP contribution in [0.3, 0.4) is 0 Å². The van der Waals surface area contributed by atoms with E-state index in [2.05, 4.69) is 11.9 Å². The van der Waals surface area contributed by atoms with Crippen LogP contribution >= 0.6 is 0 Å². The second kappa shape index (κ2) is 4.87. The van der Waals surface area contributed by atoms with Crippen LogP contribution in [0.1, 0.15) is 42.6 Å². The Kier molecular flexibility index (Phi) is 3.16. The summed E-state index contributed by atoms with van der Waals surface area (Å²) in [6, 6.07) is 4.57. The third kappa shape index (κ3) is 2.16. The molecule has 3 rings (SSSR count). The Bertz CT molecular complexity index is 834. The number of rotatable bonds is 4. The van der Waals surface area contributed by atoms with Gasteiger partial charge in [-0.1, -0.05) is 19.4 Å². The van der Waals surface area contributed by atoms with Crippen molar-refractivity contribution in [1.82, 2.24) is 9.55 Å². The first kappa shape index (κ1) is 13.6. The van der Waals surface area contributed by atoms with Crippen molar-refractivity contribution in [2.24, 2.45) is 5.92 Å². The summed E-state index contributed by atoms with van der Waals surface area (Å²) in [4.78, 5) is 37.9. The van der Waals surface area contributed by atoms with Crippen molar-refractivity contribution in [2.45, 2.75) is 32.2 Å². The minimum Gasteiger partial charge on any atom is -0.478 e. The smallest absolute Gasteiger partial charge is 0.337 e. The second-order valence-corrected chi connectivity index (χ2v) is 5.49. The number of H-pyrrole nitrogens is 1. The molecule has 0 saturated heterocycles. The van der Waals surface area contributed by atoms with Crippen LogP contribution in [0.25, 0.3) is 11.0 Å². The molecule has 2 aromatic rings. The predicted molar refractivity (Wildman–Crippen MR) is 77.8 cm³/mol. The molecule has 0 aliphatic heterocycles. The van der Waals surface area contributed by atoms with Gasteiger partial charge in [-0.25, -0.2) is 4.79 Å². The first-order valence-corrected chi connectivity index (χ1v) is 7.05. The molecule has 21 heavy (non-hydrogen) atoms. The van der Waals surface area contributed by atoms with Crippen LogP contribution in [0.4, 0.5) is 0 Å². The van der Waals surface area contributed by atoms with E-state index < -0.39 is 17.1 Å². The number of carboxylic acids is 1. The Hall–Kier alpha value is -2.37. The number of hydrogen-bond donors (Lipinski definition) is 2. The highest BCUT2D eigenvalue weighted by Gasteiger charge is 2.40. The maximum Gasteiger partial charge on any atom is 0.337 e. The van der Waals surface area contributed by atoms with Crippen molar-refractivity contribution in [1.29, 1.82) is 0 Å². The van der Waals surface area contributed by atoms with Crippen LogP contribution < -0.4 is 11.1 Å². The third-order valence-corrected chi connectivity index (χ3v) is 4.04. The molecule has 1 aliphatic carbocycles. The number of nitrogens with zero attached hydrogens (tertiary/aromatic N) is 1. The standard InChI is InChI=1S/C15H16N2O4/c1-2-4-8-7-11(8)17-12-9(15(20)21)5-3-6-10(12)16-13(18)14(17)19/h3,5-6,8,11H,2,4,7H2,1H3,(H,16,18)(H,20,21). The van der Waals surface area contributed by atoms with Gasteiger partial charge in [-0.2, -0.15) is 0 Å². The second-order valence-electron chi connectivity index (χ2n) is 5.49. The van der Waals surface area contributed by atoms with Crippen LogP contribution in [0.5, 0.6) is 0 Å². The zero-order valence-electron chi connectivity index (χ0n) is 11.6. The van der Waals surface area contributed by atoms with Crippen molar-refractivity contribution in [3.05, 3.63) is 44.5 Å². The lowest BCUT2D eigenvalue weighted by molar-refractivity contribution is 0.0698. The Morgan fingerprint density at radius 3 is 2.86 bits per heavy atom. The van der Waals surface area contributed by atoms with Crippen molar-refractivity contribution in [3.8, 4) is 0 Å². The molecular weight excluding hydrogens is 272 g/mol. The number of carboxylic acid groups (broad SMARTS) is 1. The number of fused-ring (bicyclic) bond motifs is 1. The SMILES string of the molecule is CCCC1CC1n1c(=O)c(=O)[nH]c2cccc(C(=O)O)c21. The Morgan fingerprint density at radius 2 is 2.19 bits per heavy atom. The number of nitrogens with one attached hydrogen (secondary N) is 1. The van der Waals surface area contributed by atoms with Gasteiger partial charge in [0.15, 0.2) is 0 Å². The number of carbonyl (C=O) groups is 1. The average molecular weight is 288 g/mol. The van der Waals surface area contributed by atoms with Gasteiger partial charge in [0.1, 0.15) is 0 Å². The largest absolute Gasteiger partial charge is 0.478 e. The highest BCUT2D eigenvalue weighted by Crippen LogP contribution is 2.46. The molecule has 1 aliphatic rings. The van der Waals surface area contributed by atoms with Crippen LogP contribution in [-0.4, -0.2) is 20.6 Å². The number of aromatic carboxylic acids is 1. The first-order valence-electron chi connectivity index (χ1n) is 7.05. The van der Waals surface area contributed by atoms with Crippen molar-refractivity contribution in [2.75, 3.05) is 0 Å². The molecule has 1 heterocycles. The lowest BCUT2D eigenvalue weighted by atomic mass is 10.1. The Balaban J connectivity index is 2.31. The van der Waals surface area contributed by atoms with Gasteiger partial charge in [-0.05, 0) is 30.9 Å². The predicted octanol–water partition coefficient (Wildman–Crippen LogP) is 1.75. The van der Waals surface area contributed by atoms with E-state index in [1.54, 1.807) is 12.1 Å². The van der Waals surface area contributed by atoms with Crippen LogP contribution in [-0.2, 0) is 0 Å². The molecule has 1 saturated carbocycles. The average Bonchev–Trinajstić information content (AvgIpc) is 3.19. The van der Waals surface area contributed by atoms with Crippen molar-refractivity contribution in [3.63, 3.8) is 0 Å². The number of benzene rings is 1. The molecule has 110 valence electrons. The number of para-hydroxylation sites is 1. The van der Waals surface area contributed by atoms with E-state index >= 15 is 0 Å². The molecule has 0 radical (unpaired) electrons. The molecule has 1 aromatic carbocycles. The molecule has 6 nitrogen and oxygen atoms in total. The Morgan fingerprint density at radius 1 is 1.43 bits per heavy atom. The fourth-order valence-electron chi connectivity index (χ4n) is 3.01. The molecule has 2 N–H and O–H groups in total. The minimum absolute atomic E-state index is 0.0444. The highest BCUT2D eigenvalue weighted by atomic mass is 16.4. The van der Waals surface area contributed by atoms with Crippen molar-refractivity contribution < 1.29 is 9.90 Å². The number of aromatic nitrogens is 2. The maximum absolute atomic E-state index is 12.2. The Labute approximate surface area is 120 Å². The summed E-state index contributed by atoms with van der Waals surface area (Å²) in [6.07, 6.45) is 2.80. The zero-order valence-corrected chi connectivity index (χ0v) is 11.6. The summed E-state index contributed by atoms with van der Waals surface area (Å²) in [6.45, 7) is 2.07. The first-order chi connectivity index (χ1) is 10.0. The highest BCUT2D eigenvalue weighted by molar-refractivity contribution is 6.00. The van der Waals surface area contributed by atoms with Gasteiger partial charge >= 0.3 is 17.1 Å². The van der Waals surface area contributed by atoms with Crippen molar-refractivity contribution >= 4 is 17.0 Å². The van der Waals surface area contributed by atoms with Gasteiger partial charge in [0.05, 0.1) is 16.6 Å². The molecule has 1 fully saturated rings. The fourth-order valence-corrected chi connectivity index (χ4v) is 3.01. The van der Waals surface area contributed by atoms with Gasteiger partial charge in [0.2, 0.25) is 0 Å². The van der Waals surface area contributed by atoms with Gasteiger partial charge in [0, 0.05) is 6.04 Å². The molecule has 6 heteroatoms. The third-order valence-electron chi connectivity index (χ3n) is 4.04. The molecule has 0 bridgehead atoms. The maximum atomic E-state index is 12.2. The lowest BCUT2D eigenvalue weighted by Crippen LogP contribution is -2.36. The summed E-state index contributed by atoms with van der Waals surface area (Å²) in [5.74, 6) is -0.756. The monoisotopic (exact) mass is 288 g/mol. The zero-order chi connectivity index (χ0) is 15.1. The van der Waals surface area contributed by atoms with E-state index in [1.165, 1.54) is 10.6 Å². The summed E-state index contributed by atoms with van der Waals surface area (Å²) < 4.78 is 1.39. The quantitative estimate of drug-likeness (QED) is 0.838. The normalized spacial score (nSPS) is 20.6. The van der Waals surface area contributed by atoms with Gasteiger partial charge in [-0.15, -0.1) is 0 Å². The van der Waals surface area contributed by atoms with E-state index in [0.29, 0.717) is 17.0 Å². The van der Waals surface area contributed by atoms with E-state index in [-0.39, 0.29) is 11.6 Å². The summed E-state index contributed by atoms with van der Waals surface area (Å²) >= 11 is 0. The minimum atomic E-state index is -1.10. The number of hydrogen-bond acceptors (Lipinski definition) is 3. The van der Waals surface area contributed by atoms with E-state index in [9.17, 15) is 19.5 Å².